The molecule has 0 aromatic heterocycles. The van der Waals surface area contributed by atoms with Gasteiger partial charge in [-0.3, -0.25) is 4.99 Å². The van der Waals surface area contributed by atoms with Crippen LogP contribution in [-0.2, 0) is 9.84 Å². The fourth-order valence-electron chi connectivity index (χ4n) is 1.77. The third-order valence-corrected chi connectivity index (χ3v) is 3.67. The minimum absolute atomic E-state index is 0. The Morgan fingerprint density at radius 2 is 2.00 bits per heavy atom. The Hall–Kier alpha value is -0.310. The van der Waals surface area contributed by atoms with Gasteiger partial charge in [0.25, 0.3) is 0 Å². The van der Waals surface area contributed by atoms with Crippen LogP contribution in [0.4, 0.5) is 0 Å². The van der Waals surface area contributed by atoms with Crippen molar-refractivity contribution in [1.82, 2.24) is 10.6 Å². The van der Waals surface area contributed by atoms with Gasteiger partial charge in [0.1, 0.15) is 9.84 Å². The van der Waals surface area contributed by atoms with Gasteiger partial charge < -0.3 is 10.6 Å². The number of nitrogens with zero attached hydrogens (tertiary/aromatic N) is 1. The number of nitrogens with one attached hydrogen (secondary N) is 2. The number of hydrogen-bond acceptors (Lipinski definition) is 3. The summed E-state index contributed by atoms with van der Waals surface area (Å²) in [6.45, 7) is 3.35. The number of aliphatic imine (C=N–C) groups is 1. The molecule has 7 heteroatoms. The number of guanidine groups is 1. The van der Waals surface area contributed by atoms with E-state index in [-0.39, 0.29) is 29.7 Å². The number of sulfone groups is 1. The fraction of sp³-hybridized carbons (Fsp3) is 0.750. The molecule has 0 atom stereocenters. The molecule has 0 aromatic rings. The molecule has 0 unspecified atom stereocenters. The Balaban J connectivity index is 0.00000324. The standard InChI is InChI=1S/C12H23N3O2S.HI/c1-3-13-12(15-11-7-4-5-8-11)14-9-6-10-18(2,16)17;/h4-5,11H,3,6-10H2,1-2H3,(H2,13,14,15);1H. The van der Waals surface area contributed by atoms with Gasteiger partial charge in [-0.2, -0.15) is 0 Å². The molecule has 1 rings (SSSR count). The average molecular weight is 401 g/mol. The predicted molar refractivity (Wildman–Crippen MR) is 91.0 cm³/mol. The van der Waals surface area contributed by atoms with Gasteiger partial charge in [0.2, 0.25) is 0 Å². The van der Waals surface area contributed by atoms with Crippen LogP contribution in [0.1, 0.15) is 26.2 Å². The molecule has 1 aliphatic carbocycles. The van der Waals surface area contributed by atoms with Crippen LogP contribution in [0.2, 0.25) is 0 Å². The Bertz CT molecular complexity index is 399. The van der Waals surface area contributed by atoms with Crippen molar-refractivity contribution in [3.8, 4) is 0 Å². The molecule has 0 aromatic carbocycles. The van der Waals surface area contributed by atoms with Gasteiger partial charge in [-0.1, -0.05) is 12.2 Å². The summed E-state index contributed by atoms with van der Waals surface area (Å²) in [5.41, 5.74) is 0. The Morgan fingerprint density at radius 1 is 1.37 bits per heavy atom. The maximum atomic E-state index is 11.0. The van der Waals surface area contributed by atoms with E-state index in [0.717, 1.165) is 25.3 Å². The second-order valence-electron chi connectivity index (χ2n) is 4.53. The highest BCUT2D eigenvalue weighted by molar-refractivity contribution is 14.0. The van der Waals surface area contributed by atoms with Gasteiger partial charge in [-0.15, -0.1) is 24.0 Å². The molecular weight excluding hydrogens is 377 g/mol. The second kappa shape index (κ2) is 9.57. The minimum atomic E-state index is -2.88. The molecule has 0 radical (unpaired) electrons. The molecule has 19 heavy (non-hydrogen) atoms. The van der Waals surface area contributed by atoms with Crippen molar-refractivity contribution < 1.29 is 8.42 Å². The zero-order valence-corrected chi connectivity index (χ0v) is 14.7. The molecular formula is C12H24IN3O2S. The van der Waals surface area contributed by atoms with Gasteiger partial charge in [0, 0.05) is 25.4 Å². The molecule has 0 saturated carbocycles. The predicted octanol–water partition coefficient (Wildman–Crippen LogP) is 1.31. The summed E-state index contributed by atoms with van der Waals surface area (Å²) in [6.07, 6.45) is 8.18. The van der Waals surface area contributed by atoms with Crippen molar-refractivity contribution in [2.75, 3.05) is 25.1 Å². The van der Waals surface area contributed by atoms with Gasteiger partial charge in [-0.05, 0) is 26.2 Å². The summed E-state index contributed by atoms with van der Waals surface area (Å²) in [5, 5.41) is 6.51. The maximum Gasteiger partial charge on any atom is 0.191 e. The first-order valence-electron chi connectivity index (χ1n) is 6.39. The summed E-state index contributed by atoms with van der Waals surface area (Å²) >= 11 is 0. The summed E-state index contributed by atoms with van der Waals surface area (Å²) < 4.78 is 22.0. The van der Waals surface area contributed by atoms with Crippen LogP contribution in [0.25, 0.3) is 0 Å². The van der Waals surface area contributed by atoms with E-state index >= 15 is 0 Å². The van der Waals surface area contributed by atoms with Crippen LogP contribution in [0.3, 0.4) is 0 Å². The third-order valence-electron chi connectivity index (χ3n) is 2.64. The highest BCUT2D eigenvalue weighted by atomic mass is 127. The van der Waals surface area contributed by atoms with Gasteiger partial charge in [-0.25, -0.2) is 8.42 Å². The van der Waals surface area contributed by atoms with Crippen LogP contribution in [-0.4, -0.2) is 45.5 Å². The molecule has 0 saturated heterocycles. The van der Waals surface area contributed by atoms with E-state index in [1.54, 1.807) is 0 Å². The first kappa shape index (κ1) is 18.7. The van der Waals surface area contributed by atoms with Crippen LogP contribution < -0.4 is 10.6 Å². The molecule has 1 aliphatic rings. The monoisotopic (exact) mass is 401 g/mol. The van der Waals surface area contributed by atoms with E-state index in [1.807, 2.05) is 6.92 Å². The zero-order chi connectivity index (χ0) is 13.4. The van der Waals surface area contributed by atoms with Gasteiger partial charge >= 0.3 is 0 Å². The van der Waals surface area contributed by atoms with E-state index in [9.17, 15) is 8.42 Å². The summed E-state index contributed by atoms with van der Waals surface area (Å²) in [5.74, 6) is 0.973. The highest BCUT2D eigenvalue weighted by Crippen LogP contribution is 2.08. The zero-order valence-electron chi connectivity index (χ0n) is 11.6. The Kier molecular flexibility index (Phi) is 9.42. The average Bonchev–Trinajstić information content (AvgIpc) is 2.76. The molecule has 2 N–H and O–H groups in total. The third kappa shape index (κ3) is 9.26. The summed E-state index contributed by atoms with van der Waals surface area (Å²) in [6, 6.07) is 0.415. The minimum Gasteiger partial charge on any atom is -0.357 e. The Morgan fingerprint density at radius 3 is 2.53 bits per heavy atom. The van der Waals surface area contributed by atoms with Gasteiger partial charge in [0.05, 0.1) is 5.75 Å². The van der Waals surface area contributed by atoms with Crippen molar-refractivity contribution in [1.29, 1.82) is 0 Å². The molecule has 5 nitrogen and oxygen atoms in total. The first-order valence-corrected chi connectivity index (χ1v) is 8.45. The number of hydrogen-bond donors (Lipinski definition) is 2. The van der Waals surface area contributed by atoms with Crippen LogP contribution in [0, 0.1) is 0 Å². The van der Waals surface area contributed by atoms with E-state index < -0.39 is 9.84 Å². The van der Waals surface area contributed by atoms with Crippen molar-refractivity contribution in [2.45, 2.75) is 32.2 Å². The van der Waals surface area contributed by atoms with E-state index in [1.165, 1.54) is 6.26 Å². The lowest BCUT2D eigenvalue weighted by Gasteiger charge is -2.16. The lowest BCUT2D eigenvalue weighted by molar-refractivity contribution is 0.599. The number of halogens is 1. The summed E-state index contributed by atoms with van der Waals surface area (Å²) in [4.78, 5) is 4.38. The van der Waals surface area contributed by atoms with Crippen molar-refractivity contribution >= 4 is 39.8 Å². The van der Waals surface area contributed by atoms with Crippen molar-refractivity contribution in [3.63, 3.8) is 0 Å². The van der Waals surface area contributed by atoms with E-state index in [2.05, 4.69) is 27.8 Å². The van der Waals surface area contributed by atoms with Crippen LogP contribution in [0.15, 0.2) is 17.1 Å². The van der Waals surface area contributed by atoms with Gasteiger partial charge in [0.15, 0.2) is 5.96 Å². The maximum absolute atomic E-state index is 11.0. The molecule has 112 valence electrons. The second-order valence-corrected chi connectivity index (χ2v) is 6.79. The molecule has 0 bridgehead atoms. The molecule has 0 heterocycles. The van der Waals surface area contributed by atoms with Crippen LogP contribution in [0.5, 0.6) is 0 Å². The van der Waals surface area contributed by atoms with Crippen LogP contribution >= 0.6 is 24.0 Å². The molecule has 0 amide bonds. The normalized spacial score (nSPS) is 16.2. The molecule has 0 aliphatic heterocycles. The molecule has 0 spiro atoms. The fourth-order valence-corrected chi connectivity index (χ4v) is 2.42. The van der Waals surface area contributed by atoms with E-state index in [0.29, 0.717) is 19.0 Å². The van der Waals surface area contributed by atoms with Crippen molar-refractivity contribution in [3.05, 3.63) is 12.2 Å². The first-order chi connectivity index (χ1) is 8.51. The number of rotatable bonds is 6. The lowest BCUT2D eigenvalue weighted by Crippen LogP contribution is -2.42. The highest BCUT2D eigenvalue weighted by Gasteiger charge is 2.11. The molecule has 0 fully saturated rings. The Labute approximate surface area is 133 Å². The topological polar surface area (TPSA) is 70.6 Å². The quantitative estimate of drug-likeness (QED) is 0.232. The summed E-state index contributed by atoms with van der Waals surface area (Å²) in [7, 11) is -2.88. The SMILES string of the molecule is CCNC(=NCCCS(C)(=O)=O)NC1CC=CC1.I. The largest absolute Gasteiger partial charge is 0.357 e. The lowest BCUT2D eigenvalue weighted by atomic mass is 10.2. The van der Waals surface area contributed by atoms with Crippen molar-refractivity contribution in [2.24, 2.45) is 4.99 Å². The smallest absolute Gasteiger partial charge is 0.191 e. The van der Waals surface area contributed by atoms with E-state index in [4.69, 9.17) is 0 Å².